The largest absolute Gasteiger partial charge is 0.484 e. The van der Waals surface area contributed by atoms with E-state index < -0.39 is 12.1 Å². The van der Waals surface area contributed by atoms with Crippen molar-refractivity contribution in [1.29, 1.82) is 0 Å². The number of hydrogen-bond acceptors (Lipinski definition) is 4. The number of alkyl halides is 3. The summed E-state index contributed by atoms with van der Waals surface area (Å²) in [6.45, 7) is 0.499. The van der Waals surface area contributed by atoms with Crippen LogP contribution in [0.2, 0.25) is 0 Å². The van der Waals surface area contributed by atoms with Crippen LogP contribution in [0.15, 0.2) is 54.6 Å². The van der Waals surface area contributed by atoms with Gasteiger partial charge in [0, 0.05) is 37.6 Å². The highest BCUT2D eigenvalue weighted by molar-refractivity contribution is 5.92. The van der Waals surface area contributed by atoms with E-state index in [1.807, 2.05) is 23.1 Å². The first-order valence-electron chi connectivity index (χ1n) is 9.02. The van der Waals surface area contributed by atoms with E-state index in [-0.39, 0.29) is 25.6 Å². The molecule has 2 amide bonds. The van der Waals surface area contributed by atoms with Crippen LogP contribution in [0.25, 0.3) is 0 Å². The van der Waals surface area contributed by atoms with E-state index in [0.29, 0.717) is 24.5 Å². The second-order valence-corrected chi connectivity index (χ2v) is 6.47. The first kappa shape index (κ1) is 20.5. The summed E-state index contributed by atoms with van der Waals surface area (Å²) in [4.78, 5) is 26.0. The number of para-hydroxylation sites is 1. The van der Waals surface area contributed by atoms with E-state index in [0.717, 1.165) is 10.6 Å². The molecule has 0 spiro atoms. The molecule has 0 aromatic heterocycles. The van der Waals surface area contributed by atoms with Crippen molar-refractivity contribution < 1.29 is 27.5 Å². The fraction of sp³-hybridized carbons (Fsp3) is 0.300. The Morgan fingerprint density at radius 1 is 0.931 bits per heavy atom. The van der Waals surface area contributed by atoms with Crippen LogP contribution in [-0.2, 0) is 9.59 Å². The molecule has 1 saturated heterocycles. The number of nitrogens with one attached hydrogen (secondary N) is 1. The van der Waals surface area contributed by atoms with Crippen molar-refractivity contribution in [2.75, 3.05) is 43.0 Å². The molecule has 2 aromatic rings. The molecule has 9 heteroatoms. The number of ether oxygens (including phenoxy) is 1. The normalized spacial score (nSPS) is 14.4. The average Bonchev–Trinajstić information content (AvgIpc) is 2.72. The minimum Gasteiger partial charge on any atom is -0.484 e. The monoisotopic (exact) mass is 407 g/mol. The molecule has 1 N–H and O–H groups in total. The third kappa shape index (κ3) is 5.63. The van der Waals surface area contributed by atoms with Gasteiger partial charge in [0.2, 0.25) is 0 Å². The van der Waals surface area contributed by atoms with Gasteiger partial charge in [0.25, 0.3) is 5.91 Å². The van der Waals surface area contributed by atoms with Gasteiger partial charge in [-0.3, -0.25) is 9.59 Å². The third-order valence-corrected chi connectivity index (χ3v) is 4.44. The van der Waals surface area contributed by atoms with Gasteiger partial charge in [-0.1, -0.05) is 18.2 Å². The van der Waals surface area contributed by atoms with Crippen molar-refractivity contribution >= 4 is 23.2 Å². The Morgan fingerprint density at radius 3 is 2.14 bits per heavy atom. The second kappa shape index (κ2) is 8.85. The zero-order valence-corrected chi connectivity index (χ0v) is 15.5. The van der Waals surface area contributed by atoms with Crippen molar-refractivity contribution in [3.63, 3.8) is 0 Å². The minimum atomic E-state index is -4.84. The lowest BCUT2D eigenvalue weighted by atomic mass is 10.2. The molecule has 1 fully saturated rings. The van der Waals surface area contributed by atoms with Gasteiger partial charge in [-0.05, 0) is 36.4 Å². The summed E-state index contributed by atoms with van der Waals surface area (Å²) in [7, 11) is 0. The maximum Gasteiger partial charge on any atom is 0.471 e. The molecule has 154 valence electrons. The predicted octanol–water partition coefficient (Wildman–Crippen LogP) is 2.92. The SMILES string of the molecule is O=C(COc1ccccc1)Nc1ccc(N2CCN(C(=O)C(F)(F)F)CC2)cc1. The topological polar surface area (TPSA) is 61.9 Å². The molecule has 0 saturated carbocycles. The molecule has 2 aromatic carbocycles. The highest BCUT2D eigenvalue weighted by Crippen LogP contribution is 2.23. The zero-order valence-electron chi connectivity index (χ0n) is 15.5. The van der Waals surface area contributed by atoms with Gasteiger partial charge < -0.3 is 19.9 Å². The number of piperazine rings is 1. The molecule has 1 aliphatic heterocycles. The van der Waals surface area contributed by atoms with Crippen LogP contribution in [0.3, 0.4) is 0 Å². The molecule has 1 aliphatic rings. The van der Waals surface area contributed by atoms with Gasteiger partial charge in [-0.25, -0.2) is 0 Å². The minimum absolute atomic E-state index is 0.00759. The Morgan fingerprint density at radius 2 is 1.55 bits per heavy atom. The van der Waals surface area contributed by atoms with Gasteiger partial charge in [0.1, 0.15) is 5.75 Å². The maximum absolute atomic E-state index is 12.5. The van der Waals surface area contributed by atoms with Crippen LogP contribution < -0.4 is 15.0 Å². The van der Waals surface area contributed by atoms with Crippen LogP contribution in [0.4, 0.5) is 24.5 Å². The second-order valence-electron chi connectivity index (χ2n) is 6.47. The molecular formula is C20H20F3N3O3. The molecule has 0 unspecified atom stereocenters. The van der Waals surface area contributed by atoms with E-state index in [2.05, 4.69) is 5.32 Å². The van der Waals surface area contributed by atoms with Crippen molar-refractivity contribution in [2.24, 2.45) is 0 Å². The van der Waals surface area contributed by atoms with Crippen LogP contribution >= 0.6 is 0 Å². The Hall–Kier alpha value is -3.23. The molecule has 1 heterocycles. The molecule has 3 rings (SSSR count). The standard InChI is InChI=1S/C20H20F3N3O3/c21-20(22,23)19(28)26-12-10-25(11-13-26)16-8-6-15(7-9-16)24-18(27)14-29-17-4-2-1-3-5-17/h1-9H,10-14H2,(H,24,27). The van der Waals surface area contributed by atoms with Gasteiger partial charge in [0.15, 0.2) is 6.61 Å². The number of rotatable bonds is 5. The molecule has 0 bridgehead atoms. The van der Waals surface area contributed by atoms with Gasteiger partial charge in [-0.2, -0.15) is 13.2 Å². The summed E-state index contributed by atoms with van der Waals surface area (Å²) in [5, 5.41) is 2.72. The number of amides is 2. The van der Waals surface area contributed by atoms with Crippen molar-refractivity contribution in [3.8, 4) is 5.75 Å². The number of carbonyl (C=O) groups excluding carboxylic acids is 2. The Labute approximate surface area is 165 Å². The summed E-state index contributed by atoms with van der Waals surface area (Å²) in [5.74, 6) is -1.50. The lowest BCUT2D eigenvalue weighted by Gasteiger charge is -2.36. The maximum atomic E-state index is 12.5. The smallest absolute Gasteiger partial charge is 0.471 e. The summed E-state index contributed by atoms with van der Waals surface area (Å²) < 4.78 is 42.9. The number of nitrogens with zero attached hydrogens (tertiary/aromatic N) is 2. The molecule has 0 aliphatic carbocycles. The lowest BCUT2D eigenvalue weighted by molar-refractivity contribution is -0.185. The van der Waals surface area contributed by atoms with Crippen molar-refractivity contribution in [2.45, 2.75) is 6.18 Å². The Kier molecular flexibility index (Phi) is 6.26. The number of benzene rings is 2. The fourth-order valence-electron chi connectivity index (χ4n) is 2.97. The van der Waals surface area contributed by atoms with Gasteiger partial charge >= 0.3 is 12.1 Å². The highest BCUT2D eigenvalue weighted by atomic mass is 19.4. The fourth-order valence-corrected chi connectivity index (χ4v) is 2.97. The Bertz CT molecular complexity index is 834. The Balaban J connectivity index is 1.48. The quantitative estimate of drug-likeness (QED) is 0.828. The van der Waals surface area contributed by atoms with E-state index in [9.17, 15) is 22.8 Å². The van der Waals surface area contributed by atoms with E-state index in [1.165, 1.54) is 0 Å². The number of anilines is 2. The molecule has 0 atom stereocenters. The zero-order chi connectivity index (χ0) is 20.9. The molecule has 0 radical (unpaired) electrons. The first-order valence-corrected chi connectivity index (χ1v) is 9.02. The molecule has 29 heavy (non-hydrogen) atoms. The van der Waals surface area contributed by atoms with Crippen LogP contribution in [0.5, 0.6) is 5.75 Å². The van der Waals surface area contributed by atoms with Crippen molar-refractivity contribution in [3.05, 3.63) is 54.6 Å². The summed E-state index contributed by atoms with van der Waals surface area (Å²) in [5.41, 5.74) is 1.39. The third-order valence-electron chi connectivity index (χ3n) is 4.44. The summed E-state index contributed by atoms with van der Waals surface area (Å²) in [6, 6.07) is 15.9. The van der Waals surface area contributed by atoms with Gasteiger partial charge in [-0.15, -0.1) is 0 Å². The molecular weight excluding hydrogens is 387 g/mol. The number of halogens is 3. The van der Waals surface area contributed by atoms with Crippen LogP contribution in [0.1, 0.15) is 0 Å². The van der Waals surface area contributed by atoms with E-state index in [4.69, 9.17) is 4.74 Å². The molecule has 6 nitrogen and oxygen atoms in total. The predicted molar refractivity (Wildman–Crippen MR) is 102 cm³/mol. The number of hydrogen-bond donors (Lipinski definition) is 1. The van der Waals surface area contributed by atoms with Crippen molar-refractivity contribution in [1.82, 2.24) is 4.90 Å². The van der Waals surface area contributed by atoms with E-state index >= 15 is 0 Å². The van der Waals surface area contributed by atoms with E-state index in [1.54, 1.807) is 36.4 Å². The average molecular weight is 407 g/mol. The first-order chi connectivity index (χ1) is 13.8. The van der Waals surface area contributed by atoms with Crippen LogP contribution in [0, 0.1) is 0 Å². The summed E-state index contributed by atoms with van der Waals surface area (Å²) >= 11 is 0. The highest BCUT2D eigenvalue weighted by Gasteiger charge is 2.43. The van der Waals surface area contributed by atoms with Crippen LogP contribution in [-0.4, -0.2) is 55.7 Å². The lowest BCUT2D eigenvalue weighted by Crippen LogP contribution is -2.52. The summed E-state index contributed by atoms with van der Waals surface area (Å²) in [6.07, 6.45) is -4.84. The van der Waals surface area contributed by atoms with Gasteiger partial charge in [0.05, 0.1) is 0 Å². The number of carbonyl (C=O) groups is 2.